The molecular weight excluding hydrogens is 319 g/mol. The second-order valence-corrected chi connectivity index (χ2v) is 8.10. The molecule has 132 valence electrons. The van der Waals surface area contributed by atoms with E-state index < -0.39 is 0 Å². The van der Waals surface area contributed by atoms with Gasteiger partial charge in [0.05, 0.1) is 0 Å². The van der Waals surface area contributed by atoms with E-state index >= 15 is 0 Å². The monoisotopic (exact) mass is 344 g/mol. The molecule has 3 aromatic carbocycles. The van der Waals surface area contributed by atoms with Crippen LogP contribution in [0.25, 0.3) is 11.1 Å². The second-order valence-electron chi connectivity index (χ2n) is 8.10. The minimum atomic E-state index is -0.150. The van der Waals surface area contributed by atoms with Crippen molar-refractivity contribution >= 4 is 0 Å². The number of benzene rings is 3. The Hall–Kier alpha value is -2.41. The zero-order chi connectivity index (χ0) is 18.5. The number of fused-ring (bicyclic) bond motifs is 3. The molecular formula is C25H25F. The molecule has 1 aliphatic carbocycles. The number of halogens is 1. The van der Waals surface area contributed by atoms with Gasteiger partial charge in [-0.25, -0.2) is 4.39 Å². The maximum atomic E-state index is 14.1. The summed E-state index contributed by atoms with van der Waals surface area (Å²) in [5, 5.41) is 0. The first-order chi connectivity index (χ1) is 12.4. The quantitative estimate of drug-likeness (QED) is 0.491. The van der Waals surface area contributed by atoms with E-state index in [1.54, 1.807) is 12.1 Å². The number of hydrogen-bond donors (Lipinski definition) is 0. The van der Waals surface area contributed by atoms with Crippen LogP contribution in [0.2, 0.25) is 0 Å². The molecule has 1 atom stereocenters. The van der Waals surface area contributed by atoms with Crippen LogP contribution >= 0.6 is 0 Å². The first kappa shape index (κ1) is 17.0. The van der Waals surface area contributed by atoms with Gasteiger partial charge in [-0.2, -0.15) is 0 Å². The van der Waals surface area contributed by atoms with Gasteiger partial charge in [-0.15, -0.1) is 0 Å². The summed E-state index contributed by atoms with van der Waals surface area (Å²) in [5.41, 5.74) is 8.83. The van der Waals surface area contributed by atoms with Gasteiger partial charge in [0, 0.05) is 5.41 Å². The van der Waals surface area contributed by atoms with Gasteiger partial charge in [-0.05, 0) is 64.8 Å². The molecule has 3 aromatic rings. The molecule has 0 nitrogen and oxygen atoms in total. The smallest absolute Gasteiger partial charge is 0.123 e. The highest BCUT2D eigenvalue weighted by Crippen LogP contribution is 2.51. The Labute approximate surface area is 155 Å². The molecule has 1 unspecified atom stereocenters. The fourth-order valence-electron chi connectivity index (χ4n) is 4.57. The summed E-state index contributed by atoms with van der Waals surface area (Å²) in [6.45, 7) is 8.81. The maximum Gasteiger partial charge on any atom is 0.123 e. The number of hydrogen-bond acceptors (Lipinski definition) is 0. The zero-order valence-corrected chi connectivity index (χ0v) is 15.9. The lowest BCUT2D eigenvalue weighted by molar-refractivity contribution is 0.569. The second kappa shape index (κ2) is 6.09. The average molecular weight is 344 g/mol. The molecule has 0 saturated heterocycles. The highest BCUT2D eigenvalue weighted by atomic mass is 19.1. The Morgan fingerprint density at radius 2 is 1.62 bits per heavy atom. The Balaban J connectivity index is 1.91. The Bertz CT molecular complexity index is 983. The average Bonchev–Trinajstić information content (AvgIpc) is 2.84. The van der Waals surface area contributed by atoms with E-state index in [9.17, 15) is 4.39 Å². The molecule has 4 rings (SSSR count). The van der Waals surface area contributed by atoms with Crippen molar-refractivity contribution in [1.82, 2.24) is 0 Å². The van der Waals surface area contributed by atoms with Crippen molar-refractivity contribution in [3.63, 3.8) is 0 Å². The molecule has 0 spiro atoms. The molecule has 0 saturated carbocycles. The van der Waals surface area contributed by atoms with Crippen LogP contribution in [0.4, 0.5) is 4.39 Å². The van der Waals surface area contributed by atoms with Crippen LogP contribution in [0.3, 0.4) is 0 Å². The maximum absolute atomic E-state index is 14.1. The molecule has 1 aliphatic rings. The Morgan fingerprint density at radius 3 is 2.38 bits per heavy atom. The fraction of sp³-hybridized carbons (Fsp3) is 0.280. The zero-order valence-electron chi connectivity index (χ0n) is 15.9. The predicted octanol–water partition coefficient (Wildman–Crippen LogP) is 6.79. The van der Waals surface area contributed by atoms with Crippen LogP contribution in [-0.4, -0.2) is 0 Å². The van der Waals surface area contributed by atoms with Gasteiger partial charge in [0.25, 0.3) is 0 Å². The standard InChI is InChI=1S/C25H25F/c1-16(2)20-11-10-19(26)14-18(20)15-25(4)23-8-6-5-7-21(23)22-13-17(3)9-12-24(22)25/h5-14,16H,15H2,1-4H3. The van der Waals surface area contributed by atoms with Crippen LogP contribution in [0.5, 0.6) is 0 Å². The van der Waals surface area contributed by atoms with Crippen molar-refractivity contribution in [3.05, 3.63) is 94.3 Å². The molecule has 0 aromatic heterocycles. The normalized spacial score (nSPS) is 18.1. The van der Waals surface area contributed by atoms with Gasteiger partial charge in [-0.3, -0.25) is 0 Å². The summed E-state index contributed by atoms with van der Waals surface area (Å²) < 4.78 is 14.1. The summed E-state index contributed by atoms with van der Waals surface area (Å²) >= 11 is 0. The van der Waals surface area contributed by atoms with Crippen molar-refractivity contribution in [2.45, 2.75) is 45.4 Å². The molecule has 26 heavy (non-hydrogen) atoms. The van der Waals surface area contributed by atoms with E-state index in [0.29, 0.717) is 5.92 Å². The van der Waals surface area contributed by atoms with Crippen LogP contribution < -0.4 is 0 Å². The van der Waals surface area contributed by atoms with Gasteiger partial charge >= 0.3 is 0 Å². The topological polar surface area (TPSA) is 0 Å². The number of aryl methyl sites for hydroxylation is 1. The van der Waals surface area contributed by atoms with Crippen molar-refractivity contribution in [2.75, 3.05) is 0 Å². The van der Waals surface area contributed by atoms with Gasteiger partial charge in [0.15, 0.2) is 0 Å². The van der Waals surface area contributed by atoms with Crippen molar-refractivity contribution < 1.29 is 4.39 Å². The summed E-state index contributed by atoms with van der Waals surface area (Å²) in [4.78, 5) is 0. The first-order valence-electron chi connectivity index (χ1n) is 9.39. The summed E-state index contributed by atoms with van der Waals surface area (Å²) in [7, 11) is 0. The SMILES string of the molecule is Cc1ccc2c(c1)-c1ccccc1C2(C)Cc1cc(F)ccc1C(C)C. The lowest BCUT2D eigenvalue weighted by atomic mass is 9.74. The Morgan fingerprint density at radius 1 is 0.885 bits per heavy atom. The summed E-state index contributed by atoms with van der Waals surface area (Å²) in [5.74, 6) is 0.228. The molecule has 0 bridgehead atoms. The van der Waals surface area contributed by atoms with Crippen molar-refractivity contribution in [3.8, 4) is 11.1 Å². The van der Waals surface area contributed by atoms with E-state index in [-0.39, 0.29) is 11.2 Å². The third-order valence-electron chi connectivity index (χ3n) is 5.85. The van der Waals surface area contributed by atoms with Crippen LogP contribution in [0.15, 0.2) is 60.7 Å². The van der Waals surface area contributed by atoms with Gasteiger partial charge in [0.1, 0.15) is 5.82 Å². The van der Waals surface area contributed by atoms with Gasteiger partial charge in [0.2, 0.25) is 0 Å². The van der Waals surface area contributed by atoms with Crippen molar-refractivity contribution in [2.24, 2.45) is 0 Å². The molecule has 0 fully saturated rings. The molecule has 0 amide bonds. The van der Waals surface area contributed by atoms with E-state index in [4.69, 9.17) is 0 Å². The lowest BCUT2D eigenvalue weighted by Gasteiger charge is -2.29. The van der Waals surface area contributed by atoms with E-state index in [2.05, 4.69) is 70.2 Å². The first-order valence-corrected chi connectivity index (χ1v) is 9.39. The summed E-state index contributed by atoms with van der Waals surface area (Å²) in [6, 6.07) is 20.7. The highest BCUT2D eigenvalue weighted by Gasteiger charge is 2.39. The van der Waals surface area contributed by atoms with E-state index in [1.165, 1.54) is 33.4 Å². The van der Waals surface area contributed by atoms with Crippen LogP contribution in [0.1, 0.15) is 54.5 Å². The largest absolute Gasteiger partial charge is 0.207 e. The van der Waals surface area contributed by atoms with Gasteiger partial charge in [-0.1, -0.05) is 74.9 Å². The van der Waals surface area contributed by atoms with Crippen molar-refractivity contribution in [1.29, 1.82) is 0 Å². The van der Waals surface area contributed by atoms with Crippen LogP contribution in [-0.2, 0) is 11.8 Å². The van der Waals surface area contributed by atoms with Crippen LogP contribution in [0, 0.1) is 12.7 Å². The molecule has 0 aliphatic heterocycles. The van der Waals surface area contributed by atoms with E-state index in [1.807, 2.05) is 6.07 Å². The highest BCUT2D eigenvalue weighted by molar-refractivity contribution is 5.81. The third kappa shape index (κ3) is 2.58. The minimum absolute atomic E-state index is 0.142. The molecule has 1 heteroatoms. The number of rotatable bonds is 3. The molecule has 0 heterocycles. The third-order valence-corrected chi connectivity index (χ3v) is 5.85. The predicted molar refractivity (Wildman–Crippen MR) is 107 cm³/mol. The molecule has 0 radical (unpaired) electrons. The fourth-order valence-corrected chi connectivity index (χ4v) is 4.57. The van der Waals surface area contributed by atoms with E-state index in [0.717, 1.165) is 12.0 Å². The Kier molecular flexibility index (Phi) is 3.99. The lowest BCUT2D eigenvalue weighted by Crippen LogP contribution is -2.24. The minimum Gasteiger partial charge on any atom is -0.207 e. The molecule has 0 N–H and O–H groups in total. The van der Waals surface area contributed by atoms with Gasteiger partial charge < -0.3 is 0 Å². The summed E-state index contributed by atoms with van der Waals surface area (Å²) in [6.07, 6.45) is 0.811.